The number of aryl methyl sites for hydroxylation is 1. The first-order valence-electron chi connectivity index (χ1n) is 15.1. The van der Waals surface area contributed by atoms with Crippen molar-refractivity contribution in [3.8, 4) is 0 Å². The van der Waals surface area contributed by atoms with E-state index in [1.54, 1.807) is 57.2 Å². The summed E-state index contributed by atoms with van der Waals surface area (Å²) in [5.41, 5.74) is 2.46. The predicted molar refractivity (Wildman–Crippen MR) is 160 cm³/mol. The van der Waals surface area contributed by atoms with Gasteiger partial charge in [0.25, 0.3) is 0 Å². The van der Waals surface area contributed by atoms with Crippen LogP contribution in [0.2, 0.25) is 0 Å². The normalized spacial score (nSPS) is 23.9. The van der Waals surface area contributed by atoms with Gasteiger partial charge in [-0.3, -0.25) is 9.59 Å². The number of nitrogens with one attached hydrogen (secondary N) is 1. The molecule has 0 aliphatic carbocycles. The molecule has 3 saturated heterocycles. The van der Waals surface area contributed by atoms with Gasteiger partial charge in [0.15, 0.2) is 5.78 Å². The quantitative estimate of drug-likeness (QED) is 0.444. The first-order chi connectivity index (χ1) is 21.3. The molecule has 0 bridgehead atoms. The molecule has 4 unspecified atom stereocenters. The van der Waals surface area contributed by atoms with Gasteiger partial charge in [0.2, 0.25) is 5.91 Å². The second-order valence-corrected chi connectivity index (χ2v) is 11.6. The van der Waals surface area contributed by atoms with Gasteiger partial charge in [0.05, 0.1) is 25.2 Å². The second-order valence-electron chi connectivity index (χ2n) is 11.6. The number of hydrogen-bond donors (Lipinski definition) is 1. The van der Waals surface area contributed by atoms with E-state index in [1.807, 2.05) is 13.0 Å². The number of halogens is 2. The maximum Gasteiger partial charge on any atom is 0.321 e. The lowest BCUT2D eigenvalue weighted by molar-refractivity contribution is -0.136. The van der Waals surface area contributed by atoms with Crippen molar-refractivity contribution in [3.05, 3.63) is 107 Å². The molecule has 0 saturated carbocycles. The van der Waals surface area contributed by atoms with Crippen LogP contribution in [0.1, 0.15) is 39.0 Å². The van der Waals surface area contributed by atoms with Crippen LogP contribution >= 0.6 is 0 Å². The smallest absolute Gasteiger partial charge is 0.321 e. The molecule has 3 fully saturated rings. The van der Waals surface area contributed by atoms with Gasteiger partial charge in [-0.05, 0) is 48.4 Å². The molecule has 0 spiro atoms. The standard InChI is InChI=1S/C34H36F2N4O4/c1-22-3-2-4-25(21-22)32(41)29-28(23-5-9-26(35)10-6-23)31(33(42)38-15-13-37-14-16-38)40(34(43)39-17-19-44-20-18-39)30(29)24-7-11-27(36)12-8-24/h2-12,21,28-31,37H,13-20H2,1H3. The molecule has 0 aromatic heterocycles. The van der Waals surface area contributed by atoms with Crippen molar-refractivity contribution in [1.29, 1.82) is 0 Å². The highest BCUT2D eigenvalue weighted by atomic mass is 19.1. The Morgan fingerprint density at radius 2 is 1.41 bits per heavy atom. The molecule has 3 aliphatic heterocycles. The predicted octanol–water partition coefficient (Wildman–Crippen LogP) is 4.17. The van der Waals surface area contributed by atoms with Gasteiger partial charge in [0, 0.05) is 50.7 Å². The van der Waals surface area contributed by atoms with Crippen LogP contribution in [-0.4, -0.2) is 90.9 Å². The van der Waals surface area contributed by atoms with E-state index in [1.165, 1.54) is 24.3 Å². The van der Waals surface area contributed by atoms with Crippen molar-refractivity contribution in [2.45, 2.75) is 24.9 Å². The average Bonchev–Trinajstić information content (AvgIpc) is 3.41. The zero-order chi connectivity index (χ0) is 30.8. The van der Waals surface area contributed by atoms with Gasteiger partial charge in [0.1, 0.15) is 17.7 Å². The molecule has 4 atom stereocenters. The van der Waals surface area contributed by atoms with E-state index in [2.05, 4.69) is 5.32 Å². The van der Waals surface area contributed by atoms with E-state index >= 15 is 0 Å². The topological polar surface area (TPSA) is 82.2 Å². The summed E-state index contributed by atoms with van der Waals surface area (Å²) in [5.74, 6) is -3.14. The second kappa shape index (κ2) is 12.8. The van der Waals surface area contributed by atoms with Crippen LogP contribution in [0.25, 0.3) is 0 Å². The lowest BCUT2D eigenvalue weighted by atomic mass is 9.75. The summed E-state index contributed by atoms with van der Waals surface area (Å²) < 4.78 is 34.0. The molecule has 10 heteroatoms. The number of amides is 3. The van der Waals surface area contributed by atoms with Crippen molar-refractivity contribution >= 4 is 17.7 Å². The highest BCUT2D eigenvalue weighted by Gasteiger charge is 2.58. The fourth-order valence-electron chi connectivity index (χ4n) is 6.81. The largest absolute Gasteiger partial charge is 0.378 e. The van der Waals surface area contributed by atoms with Crippen molar-refractivity contribution in [3.63, 3.8) is 0 Å². The number of nitrogens with zero attached hydrogens (tertiary/aromatic N) is 3. The summed E-state index contributed by atoms with van der Waals surface area (Å²) in [7, 11) is 0. The van der Waals surface area contributed by atoms with E-state index in [0.717, 1.165) is 5.56 Å². The third-order valence-electron chi connectivity index (χ3n) is 8.92. The van der Waals surface area contributed by atoms with E-state index in [-0.39, 0.29) is 17.7 Å². The summed E-state index contributed by atoms with van der Waals surface area (Å²) in [6, 6.07) is 16.5. The Kier molecular flexibility index (Phi) is 8.72. The molecule has 3 heterocycles. The van der Waals surface area contributed by atoms with E-state index < -0.39 is 35.6 Å². The van der Waals surface area contributed by atoms with Gasteiger partial charge in [-0.2, -0.15) is 0 Å². The lowest BCUT2D eigenvalue weighted by Gasteiger charge is -2.39. The fraction of sp³-hybridized carbons (Fsp3) is 0.382. The highest BCUT2D eigenvalue weighted by Crippen LogP contribution is 2.52. The van der Waals surface area contributed by atoms with Crippen LogP contribution in [0.5, 0.6) is 0 Å². The number of Topliss-reactive ketones (excluding diaryl/α,β-unsaturated/α-hetero) is 1. The third kappa shape index (κ3) is 5.84. The third-order valence-corrected chi connectivity index (χ3v) is 8.92. The molecule has 3 aromatic carbocycles. The van der Waals surface area contributed by atoms with Gasteiger partial charge in [-0.25, -0.2) is 13.6 Å². The Morgan fingerprint density at radius 1 is 0.795 bits per heavy atom. The van der Waals surface area contributed by atoms with Crippen LogP contribution in [0.15, 0.2) is 72.8 Å². The Bertz CT molecular complexity index is 1420. The van der Waals surface area contributed by atoms with Crippen molar-refractivity contribution < 1.29 is 27.9 Å². The minimum atomic E-state index is -1.07. The number of piperazine rings is 1. The molecule has 1 N–H and O–H groups in total. The SMILES string of the molecule is Cc1cccc(C(=O)C2C(c3ccc(F)cc3)C(C(=O)N3CCNCC3)N(C(=O)N3CCOCC3)C2c2ccc(F)cc2)c1. The maximum absolute atomic E-state index is 14.7. The molecule has 230 valence electrons. The highest BCUT2D eigenvalue weighted by molar-refractivity contribution is 6.02. The number of hydrogen-bond acceptors (Lipinski definition) is 5. The molecule has 6 rings (SSSR count). The van der Waals surface area contributed by atoms with Crippen LogP contribution in [-0.2, 0) is 9.53 Å². The summed E-state index contributed by atoms with van der Waals surface area (Å²) in [6.07, 6.45) is 0. The minimum absolute atomic E-state index is 0.243. The lowest BCUT2D eigenvalue weighted by Crippen LogP contribution is -2.57. The number of benzene rings is 3. The Labute approximate surface area is 255 Å². The Hall–Kier alpha value is -4.15. The number of ketones is 1. The van der Waals surface area contributed by atoms with Gasteiger partial charge >= 0.3 is 6.03 Å². The van der Waals surface area contributed by atoms with Gasteiger partial charge < -0.3 is 24.8 Å². The maximum atomic E-state index is 14.7. The van der Waals surface area contributed by atoms with Gasteiger partial charge in [-0.15, -0.1) is 0 Å². The molecular weight excluding hydrogens is 566 g/mol. The van der Waals surface area contributed by atoms with Crippen LogP contribution in [0.4, 0.5) is 13.6 Å². The molecule has 44 heavy (non-hydrogen) atoms. The van der Waals surface area contributed by atoms with Crippen LogP contribution in [0, 0.1) is 24.5 Å². The molecule has 0 radical (unpaired) electrons. The number of ether oxygens (including phenoxy) is 1. The molecule has 3 amide bonds. The first-order valence-corrected chi connectivity index (χ1v) is 15.1. The molecular formula is C34H36F2N4O4. The summed E-state index contributed by atoms with van der Waals surface area (Å²) in [5, 5.41) is 3.26. The Morgan fingerprint density at radius 3 is 2.02 bits per heavy atom. The minimum Gasteiger partial charge on any atom is -0.378 e. The average molecular weight is 603 g/mol. The van der Waals surface area contributed by atoms with Crippen LogP contribution in [0.3, 0.4) is 0 Å². The summed E-state index contributed by atoms with van der Waals surface area (Å²) >= 11 is 0. The molecule has 8 nitrogen and oxygen atoms in total. The molecule has 3 aromatic rings. The Balaban J connectivity index is 1.58. The van der Waals surface area contributed by atoms with E-state index in [4.69, 9.17) is 4.74 Å². The number of morpholine rings is 1. The number of urea groups is 1. The first kappa shape index (κ1) is 29.9. The van der Waals surface area contributed by atoms with Crippen molar-refractivity contribution in [2.75, 3.05) is 52.5 Å². The van der Waals surface area contributed by atoms with Crippen molar-refractivity contribution in [1.82, 2.24) is 20.0 Å². The van der Waals surface area contributed by atoms with Gasteiger partial charge in [-0.1, -0.05) is 48.0 Å². The number of carbonyl (C=O) groups excluding carboxylic acids is 3. The number of rotatable bonds is 5. The number of likely N-dealkylation sites (tertiary alicyclic amines) is 1. The number of carbonyl (C=O) groups is 3. The zero-order valence-electron chi connectivity index (χ0n) is 24.6. The van der Waals surface area contributed by atoms with E-state index in [9.17, 15) is 23.2 Å². The summed E-state index contributed by atoms with van der Waals surface area (Å²) in [6.45, 7) is 5.36. The van der Waals surface area contributed by atoms with Crippen LogP contribution < -0.4 is 5.32 Å². The monoisotopic (exact) mass is 602 g/mol. The molecule has 3 aliphatic rings. The fourth-order valence-corrected chi connectivity index (χ4v) is 6.81. The van der Waals surface area contributed by atoms with E-state index in [0.29, 0.717) is 69.2 Å². The zero-order valence-corrected chi connectivity index (χ0v) is 24.6. The summed E-state index contributed by atoms with van der Waals surface area (Å²) in [4.78, 5) is 48.9. The van der Waals surface area contributed by atoms with Crippen molar-refractivity contribution in [2.24, 2.45) is 5.92 Å².